The second-order valence-corrected chi connectivity index (χ2v) is 4.92. The van der Waals surface area contributed by atoms with Crippen molar-refractivity contribution in [3.63, 3.8) is 0 Å². The monoisotopic (exact) mass is 336 g/mol. The minimum absolute atomic E-state index is 0.317. The van der Waals surface area contributed by atoms with Gasteiger partial charge >= 0.3 is 0 Å². The van der Waals surface area contributed by atoms with Crippen molar-refractivity contribution < 1.29 is 5.11 Å². The van der Waals surface area contributed by atoms with E-state index in [2.05, 4.69) is 19.1 Å². The molecule has 86 valence electrons. The summed E-state index contributed by atoms with van der Waals surface area (Å²) in [5, 5.41) is 9.85. The Balaban J connectivity index is 2.52. The molecular weight excluding hydrogens is 323 g/mol. The van der Waals surface area contributed by atoms with Crippen LogP contribution in [0.3, 0.4) is 0 Å². The third-order valence-electron chi connectivity index (χ3n) is 2.61. The first kappa shape index (κ1) is 12.2. The number of halogens is 1. The van der Waals surface area contributed by atoms with Gasteiger partial charge in [0.1, 0.15) is 0 Å². The Hall–Kier alpha value is -1.29. The van der Waals surface area contributed by atoms with Crippen LogP contribution in [-0.4, -0.2) is 5.11 Å². The lowest BCUT2D eigenvalue weighted by molar-refractivity contribution is 0.468. The number of aryl methyl sites for hydroxylation is 1. The molecule has 2 heteroatoms. The SMILES string of the molecule is Cc1ccc(/C(=C(\O)I)c2ccccc2)cc1. The van der Waals surface area contributed by atoms with E-state index in [1.54, 1.807) is 0 Å². The van der Waals surface area contributed by atoms with Gasteiger partial charge in [-0.3, -0.25) is 0 Å². The molecule has 2 rings (SSSR count). The van der Waals surface area contributed by atoms with E-state index in [4.69, 9.17) is 0 Å². The van der Waals surface area contributed by atoms with E-state index in [0.29, 0.717) is 3.77 Å². The highest BCUT2D eigenvalue weighted by molar-refractivity contribution is 14.1. The van der Waals surface area contributed by atoms with Crippen LogP contribution in [0.15, 0.2) is 58.4 Å². The number of aliphatic hydroxyl groups excluding tert-OH is 1. The summed E-state index contributed by atoms with van der Waals surface area (Å²) in [6.45, 7) is 2.06. The Labute approximate surface area is 115 Å². The molecule has 1 nitrogen and oxygen atoms in total. The van der Waals surface area contributed by atoms with E-state index in [9.17, 15) is 5.11 Å². The predicted octanol–water partition coefficient (Wildman–Crippen LogP) is 4.70. The number of hydrogen-bond donors (Lipinski definition) is 1. The van der Waals surface area contributed by atoms with Crippen molar-refractivity contribution >= 4 is 28.2 Å². The van der Waals surface area contributed by atoms with Crippen LogP contribution in [0.5, 0.6) is 0 Å². The van der Waals surface area contributed by atoms with Crippen LogP contribution in [0.2, 0.25) is 0 Å². The van der Waals surface area contributed by atoms with E-state index in [1.165, 1.54) is 5.56 Å². The van der Waals surface area contributed by atoms with Crippen LogP contribution in [0.25, 0.3) is 5.57 Å². The molecule has 2 aromatic rings. The molecule has 0 unspecified atom stereocenters. The third kappa shape index (κ3) is 2.88. The highest BCUT2D eigenvalue weighted by Crippen LogP contribution is 2.28. The van der Waals surface area contributed by atoms with Gasteiger partial charge in [0.15, 0.2) is 3.77 Å². The fourth-order valence-corrected chi connectivity index (χ4v) is 2.35. The summed E-state index contributed by atoms with van der Waals surface area (Å²) in [5.41, 5.74) is 4.16. The van der Waals surface area contributed by atoms with E-state index in [1.807, 2.05) is 65.1 Å². The van der Waals surface area contributed by atoms with E-state index < -0.39 is 0 Å². The lowest BCUT2D eigenvalue weighted by Crippen LogP contribution is -1.90. The van der Waals surface area contributed by atoms with Gasteiger partial charge in [0, 0.05) is 5.57 Å². The van der Waals surface area contributed by atoms with Gasteiger partial charge in [-0.2, -0.15) is 0 Å². The fourth-order valence-electron chi connectivity index (χ4n) is 1.73. The second-order valence-electron chi connectivity index (χ2n) is 3.90. The van der Waals surface area contributed by atoms with Crippen molar-refractivity contribution in [1.29, 1.82) is 0 Å². The average molecular weight is 336 g/mol. The summed E-state index contributed by atoms with van der Waals surface area (Å²) in [6, 6.07) is 18.1. The van der Waals surface area contributed by atoms with Gasteiger partial charge in [-0.1, -0.05) is 60.2 Å². The first-order chi connectivity index (χ1) is 8.18. The van der Waals surface area contributed by atoms with Crippen LogP contribution < -0.4 is 0 Å². The minimum atomic E-state index is 0.317. The zero-order valence-electron chi connectivity index (χ0n) is 9.52. The van der Waals surface area contributed by atoms with Crippen LogP contribution in [0, 0.1) is 6.92 Å². The molecule has 0 atom stereocenters. The first-order valence-electron chi connectivity index (χ1n) is 5.39. The summed E-state index contributed by atoms with van der Waals surface area (Å²) >= 11 is 1.96. The Kier molecular flexibility index (Phi) is 3.84. The Morgan fingerprint density at radius 2 is 1.41 bits per heavy atom. The maximum atomic E-state index is 9.85. The van der Waals surface area contributed by atoms with Gasteiger partial charge < -0.3 is 5.11 Å². The molecule has 0 fully saturated rings. The zero-order chi connectivity index (χ0) is 12.3. The van der Waals surface area contributed by atoms with Crippen molar-refractivity contribution in [2.45, 2.75) is 6.92 Å². The maximum absolute atomic E-state index is 9.85. The fraction of sp³-hybridized carbons (Fsp3) is 0.0667. The highest BCUT2D eigenvalue weighted by Gasteiger charge is 2.08. The largest absolute Gasteiger partial charge is 0.502 e. The van der Waals surface area contributed by atoms with Crippen LogP contribution in [-0.2, 0) is 0 Å². The maximum Gasteiger partial charge on any atom is 0.161 e. The number of benzene rings is 2. The minimum Gasteiger partial charge on any atom is -0.502 e. The third-order valence-corrected chi connectivity index (χ3v) is 3.15. The quantitative estimate of drug-likeness (QED) is 0.622. The Morgan fingerprint density at radius 1 is 0.882 bits per heavy atom. The highest BCUT2D eigenvalue weighted by atomic mass is 127. The summed E-state index contributed by atoms with van der Waals surface area (Å²) in [4.78, 5) is 0. The van der Waals surface area contributed by atoms with Crippen molar-refractivity contribution in [2.75, 3.05) is 0 Å². The summed E-state index contributed by atoms with van der Waals surface area (Å²) < 4.78 is 0.317. The average Bonchev–Trinajstić information content (AvgIpc) is 2.33. The second kappa shape index (κ2) is 5.36. The van der Waals surface area contributed by atoms with E-state index in [-0.39, 0.29) is 0 Å². The predicted molar refractivity (Wildman–Crippen MR) is 80.3 cm³/mol. The van der Waals surface area contributed by atoms with Gasteiger partial charge in [0.2, 0.25) is 0 Å². The molecule has 0 saturated heterocycles. The standard InChI is InChI=1S/C15H13IO/c1-11-7-9-13(10-8-11)14(15(16)17)12-5-3-2-4-6-12/h2-10,17H,1H3/b15-14-. The molecule has 0 amide bonds. The number of rotatable bonds is 2. The van der Waals surface area contributed by atoms with Crippen molar-refractivity contribution in [1.82, 2.24) is 0 Å². The smallest absolute Gasteiger partial charge is 0.161 e. The molecule has 0 heterocycles. The molecule has 2 aromatic carbocycles. The van der Waals surface area contributed by atoms with Crippen molar-refractivity contribution in [3.8, 4) is 0 Å². The molecular formula is C15H13IO. The van der Waals surface area contributed by atoms with Crippen molar-refractivity contribution in [2.24, 2.45) is 0 Å². The molecule has 1 N–H and O–H groups in total. The lowest BCUT2D eigenvalue weighted by Gasteiger charge is -2.09. The molecule has 0 saturated carbocycles. The topological polar surface area (TPSA) is 20.2 Å². The molecule has 17 heavy (non-hydrogen) atoms. The van der Waals surface area contributed by atoms with Gasteiger partial charge in [0.05, 0.1) is 0 Å². The van der Waals surface area contributed by atoms with Gasteiger partial charge in [0.25, 0.3) is 0 Å². The van der Waals surface area contributed by atoms with Crippen LogP contribution in [0.1, 0.15) is 16.7 Å². The van der Waals surface area contributed by atoms with Gasteiger partial charge in [-0.15, -0.1) is 0 Å². The van der Waals surface area contributed by atoms with E-state index >= 15 is 0 Å². The van der Waals surface area contributed by atoms with Gasteiger partial charge in [-0.25, -0.2) is 0 Å². The molecule has 0 bridgehead atoms. The number of hydrogen-bond acceptors (Lipinski definition) is 1. The summed E-state index contributed by atoms with van der Waals surface area (Å²) in [5.74, 6) is 0. The molecule has 0 radical (unpaired) electrons. The van der Waals surface area contributed by atoms with E-state index in [0.717, 1.165) is 16.7 Å². The summed E-state index contributed by atoms with van der Waals surface area (Å²) in [6.07, 6.45) is 0. The molecule has 0 aliphatic carbocycles. The Bertz CT molecular complexity index is 523. The lowest BCUT2D eigenvalue weighted by atomic mass is 9.98. The molecule has 0 aliphatic heterocycles. The zero-order valence-corrected chi connectivity index (χ0v) is 11.7. The molecule has 0 aromatic heterocycles. The summed E-state index contributed by atoms with van der Waals surface area (Å²) in [7, 11) is 0. The number of aliphatic hydroxyl groups is 1. The van der Waals surface area contributed by atoms with Crippen LogP contribution in [0.4, 0.5) is 0 Å². The van der Waals surface area contributed by atoms with Gasteiger partial charge in [-0.05, 0) is 40.6 Å². The Morgan fingerprint density at radius 3 is 1.94 bits per heavy atom. The normalized spacial score (nSPS) is 12.1. The molecule has 0 aliphatic rings. The first-order valence-corrected chi connectivity index (χ1v) is 6.47. The van der Waals surface area contributed by atoms with Crippen molar-refractivity contribution in [3.05, 3.63) is 75.1 Å². The molecule has 0 spiro atoms. The van der Waals surface area contributed by atoms with Crippen LogP contribution >= 0.6 is 22.6 Å².